The van der Waals surface area contributed by atoms with Gasteiger partial charge in [-0.25, -0.2) is 4.98 Å². The quantitative estimate of drug-likeness (QED) is 0.785. The molecule has 5 heteroatoms. The van der Waals surface area contributed by atoms with Crippen LogP contribution in [0.25, 0.3) is 10.2 Å². The van der Waals surface area contributed by atoms with Crippen molar-refractivity contribution in [2.75, 3.05) is 12.4 Å². The maximum Gasteiger partial charge on any atom is 0.230 e. The predicted molar refractivity (Wildman–Crippen MR) is 94.4 cm³/mol. The first-order valence-corrected chi connectivity index (χ1v) is 8.18. The Hall–Kier alpha value is -2.40. The third-order valence-electron chi connectivity index (χ3n) is 3.71. The Morgan fingerprint density at radius 3 is 2.48 bits per heavy atom. The van der Waals surface area contributed by atoms with E-state index in [-0.39, 0.29) is 5.91 Å². The third-order valence-corrected chi connectivity index (χ3v) is 4.82. The molecule has 118 valence electrons. The fourth-order valence-corrected chi connectivity index (χ4v) is 3.43. The molecule has 1 N–H and O–H groups in total. The van der Waals surface area contributed by atoms with E-state index in [2.05, 4.69) is 29.4 Å². The number of amides is 1. The third kappa shape index (κ3) is 3.35. The van der Waals surface area contributed by atoms with E-state index >= 15 is 0 Å². The topological polar surface area (TPSA) is 51.2 Å². The molecule has 0 aliphatic rings. The maximum absolute atomic E-state index is 12.2. The smallest absolute Gasteiger partial charge is 0.230 e. The average Bonchev–Trinajstić information content (AvgIpc) is 2.96. The fraction of sp³-hybridized carbons (Fsp3) is 0.222. The summed E-state index contributed by atoms with van der Waals surface area (Å²) < 4.78 is 6.25. The number of ether oxygens (including phenoxy) is 1. The molecular formula is C18H18N2O2S. The lowest BCUT2D eigenvalue weighted by Crippen LogP contribution is -2.14. The summed E-state index contributed by atoms with van der Waals surface area (Å²) >= 11 is 1.52. The standard InChI is InChI=1S/C18H18N2O2S/c1-11-4-5-12(2)17-16(11)20-18(23-17)19-15(21)10-13-6-8-14(22-3)9-7-13/h4-9H,10H2,1-3H3,(H,19,20,21). The molecule has 3 rings (SSSR count). The molecule has 0 saturated carbocycles. The van der Waals surface area contributed by atoms with Crippen LogP contribution in [0.1, 0.15) is 16.7 Å². The van der Waals surface area contributed by atoms with Crippen molar-refractivity contribution in [3.05, 3.63) is 53.1 Å². The van der Waals surface area contributed by atoms with Crippen molar-refractivity contribution in [3.63, 3.8) is 0 Å². The number of thiazole rings is 1. The molecule has 2 aromatic carbocycles. The van der Waals surface area contributed by atoms with Gasteiger partial charge in [-0.1, -0.05) is 35.6 Å². The summed E-state index contributed by atoms with van der Waals surface area (Å²) in [5, 5.41) is 3.55. The van der Waals surface area contributed by atoms with Crippen LogP contribution in [-0.2, 0) is 11.2 Å². The van der Waals surface area contributed by atoms with Crippen LogP contribution in [0.3, 0.4) is 0 Å². The van der Waals surface area contributed by atoms with Crippen LogP contribution in [0.15, 0.2) is 36.4 Å². The molecule has 1 aromatic heterocycles. The molecule has 4 nitrogen and oxygen atoms in total. The Labute approximate surface area is 139 Å². The van der Waals surface area contributed by atoms with E-state index in [0.717, 1.165) is 27.1 Å². The number of nitrogens with one attached hydrogen (secondary N) is 1. The number of aryl methyl sites for hydroxylation is 2. The van der Waals surface area contributed by atoms with Gasteiger partial charge in [0.1, 0.15) is 5.75 Å². The van der Waals surface area contributed by atoms with E-state index in [1.54, 1.807) is 7.11 Å². The molecule has 0 unspecified atom stereocenters. The van der Waals surface area contributed by atoms with Crippen LogP contribution in [-0.4, -0.2) is 18.0 Å². The van der Waals surface area contributed by atoms with Crippen LogP contribution in [0.5, 0.6) is 5.75 Å². The fourth-order valence-electron chi connectivity index (χ4n) is 2.40. The summed E-state index contributed by atoms with van der Waals surface area (Å²) in [7, 11) is 1.62. The number of aromatic nitrogens is 1. The lowest BCUT2D eigenvalue weighted by Gasteiger charge is -2.03. The Balaban J connectivity index is 1.74. The second-order valence-electron chi connectivity index (χ2n) is 5.47. The largest absolute Gasteiger partial charge is 0.497 e. The second kappa shape index (κ2) is 6.38. The van der Waals surface area contributed by atoms with Gasteiger partial charge in [0.15, 0.2) is 5.13 Å². The van der Waals surface area contributed by atoms with Crippen LogP contribution in [0.4, 0.5) is 5.13 Å². The molecule has 1 heterocycles. The molecule has 3 aromatic rings. The van der Waals surface area contributed by atoms with E-state index in [0.29, 0.717) is 11.6 Å². The molecule has 1 amide bonds. The Morgan fingerprint density at radius 2 is 1.83 bits per heavy atom. The first-order chi connectivity index (χ1) is 11.1. The number of methoxy groups -OCH3 is 1. The number of anilines is 1. The number of rotatable bonds is 4. The zero-order chi connectivity index (χ0) is 16.4. The lowest BCUT2D eigenvalue weighted by molar-refractivity contribution is -0.115. The molecule has 0 bridgehead atoms. The molecule has 0 fully saturated rings. The van der Waals surface area contributed by atoms with E-state index in [1.807, 2.05) is 31.2 Å². The number of fused-ring (bicyclic) bond motifs is 1. The number of hydrogen-bond acceptors (Lipinski definition) is 4. The van der Waals surface area contributed by atoms with Crippen molar-refractivity contribution < 1.29 is 9.53 Å². The van der Waals surface area contributed by atoms with Crippen LogP contribution >= 0.6 is 11.3 Å². The van der Waals surface area contributed by atoms with Gasteiger partial charge in [-0.05, 0) is 42.7 Å². The maximum atomic E-state index is 12.2. The predicted octanol–water partition coefficient (Wildman–Crippen LogP) is 4.10. The SMILES string of the molecule is COc1ccc(CC(=O)Nc2nc3c(C)ccc(C)c3s2)cc1. The number of benzene rings is 2. The zero-order valence-corrected chi connectivity index (χ0v) is 14.2. The van der Waals surface area contributed by atoms with Gasteiger partial charge >= 0.3 is 0 Å². The molecule has 0 spiro atoms. The van der Waals surface area contributed by atoms with Crippen LogP contribution in [0.2, 0.25) is 0 Å². The lowest BCUT2D eigenvalue weighted by atomic mass is 10.1. The molecule has 0 saturated heterocycles. The minimum atomic E-state index is -0.0653. The number of carbonyl (C=O) groups is 1. The highest BCUT2D eigenvalue weighted by atomic mass is 32.1. The van der Waals surface area contributed by atoms with Gasteiger partial charge in [0, 0.05) is 0 Å². The number of nitrogens with zero attached hydrogens (tertiary/aromatic N) is 1. The van der Waals surface area contributed by atoms with Crippen molar-refractivity contribution in [2.24, 2.45) is 0 Å². The van der Waals surface area contributed by atoms with Gasteiger partial charge in [0.05, 0.1) is 23.7 Å². The first-order valence-electron chi connectivity index (χ1n) is 7.36. The summed E-state index contributed by atoms with van der Waals surface area (Å²) in [6.07, 6.45) is 0.317. The minimum absolute atomic E-state index is 0.0653. The molecular weight excluding hydrogens is 308 g/mol. The number of carbonyl (C=O) groups excluding carboxylic acids is 1. The molecule has 23 heavy (non-hydrogen) atoms. The first kappa shape index (κ1) is 15.5. The summed E-state index contributed by atoms with van der Waals surface area (Å²) in [4.78, 5) is 16.8. The van der Waals surface area contributed by atoms with Crippen LogP contribution < -0.4 is 10.1 Å². The summed E-state index contributed by atoms with van der Waals surface area (Å²) in [6, 6.07) is 11.6. The summed E-state index contributed by atoms with van der Waals surface area (Å²) in [5.74, 6) is 0.718. The Morgan fingerprint density at radius 1 is 1.13 bits per heavy atom. The van der Waals surface area contributed by atoms with Crippen molar-refractivity contribution >= 4 is 32.6 Å². The van der Waals surface area contributed by atoms with Gasteiger partial charge in [-0.2, -0.15) is 0 Å². The second-order valence-corrected chi connectivity index (χ2v) is 6.47. The van der Waals surface area contributed by atoms with Gasteiger partial charge in [0.2, 0.25) is 5.91 Å². The van der Waals surface area contributed by atoms with Crippen molar-refractivity contribution in [3.8, 4) is 5.75 Å². The van der Waals surface area contributed by atoms with E-state index in [4.69, 9.17) is 4.74 Å². The highest BCUT2D eigenvalue weighted by molar-refractivity contribution is 7.22. The van der Waals surface area contributed by atoms with Gasteiger partial charge in [-0.3, -0.25) is 4.79 Å². The van der Waals surface area contributed by atoms with E-state index in [1.165, 1.54) is 16.9 Å². The van der Waals surface area contributed by atoms with Gasteiger partial charge in [0.25, 0.3) is 0 Å². The van der Waals surface area contributed by atoms with Crippen LogP contribution in [0, 0.1) is 13.8 Å². The average molecular weight is 326 g/mol. The zero-order valence-electron chi connectivity index (χ0n) is 13.3. The summed E-state index contributed by atoms with van der Waals surface area (Å²) in [6.45, 7) is 4.09. The van der Waals surface area contributed by atoms with E-state index < -0.39 is 0 Å². The Bertz CT molecular complexity index is 814. The monoisotopic (exact) mass is 326 g/mol. The normalized spacial score (nSPS) is 10.7. The molecule has 0 aliphatic carbocycles. The number of hydrogen-bond donors (Lipinski definition) is 1. The molecule has 0 atom stereocenters. The van der Waals surface area contributed by atoms with Crippen molar-refractivity contribution in [1.82, 2.24) is 4.98 Å². The van der Waals surface area contributed by atoms with Gasteiger partial charge in [-0.15, -0.1) is 0 Å². The highest BCUT2D eigenvalue weighted by Crippen LogP contribution is 2.30. The van der Waals surface area contributed by atoms with E-state index in [9.17, 15) is 4.79 Å². The molecule has 0 radical (unpaired) electrons. The summed E-state index contributed by atoms with van der Waals surface area (Å²) in [5.41, 5.74) is 4.21. The van der Waals surface area contributed by atoms with Crippen molar-refractivity contribution in [2.45, 2.75) is 20.3 Å². The van der Waals surface area contributed by atoms with Crippen molar-refractivity contribution in [1.29, 1.82) is 0 Å². The van der Waals surface area contributed by atoms with Gasteiger partial charge < -0.3 is 10.1 Å². The highest BCUT2D eigenvalue weighted by Gasteiger charge is 2.11. The molecule has 0 aliphatic heterocycles. The minimum Gasteiger partial charge on any atom is -0.497 e. The Kier molecular flexibility index (Phi) is 4.30.